The first-order valence-electron chi connectivity index (χ1n) is 9.91. The Labute approximate surface area is 182 Å². The van der Waals surface area contributed by atoms with Gasteiger partial charge in [-0.25, -0.2) is 4.52 Å². The summed E-state index contributed by atoms with van der Waals surface area (Å²) in [4.78, 5) is 25.8. The van der Waals surface area contributed by atoms with Crippen LogP contribution in [0, 0.1) is 0 Å². The number of amides is 2. The average molecular weight is 432 g/mol. The van der Waals surface area contributed by atoms with Crippen molar-refractivity contribution in [3.63, 3.8) is 0 Å². The number of hydrogen-bond acceptors (Lipinski definition) is 8. The van der Waals surface area contributed by atoms with E-state index < -0.39 is 5.91 Å². The van der Waals surface area contributed by atoms with Crippen LogP contribution in [0.5, 0.6) is 5.75 Å². The van der Waals surface area contributed by atoms with E-state index in [2.05, 4.69) is 25.5 Å². The highest BCUT2D eigenvalue weighted by atomic mass is 16.3. The SMILES string of the molecule is CCN(CC)C(=O)c1cnn2c1nnc1ccc(N=Nc3ccc(O)c(C(N)=O)c3)cc12. The Morgan fingerprint density at radius 1 is 1.03 bits per heavy atom. The van der Waals surface area contributed by atoms with Gasteiger partial charge in [0, 0.05) is 13.1 Å². The summed E-state index contributed by atoms with van der Waals surface area (Å²) in [7, 11) is 0. The van der Waals surface area contributed by atoms with E-state index in [1.165, 1.54) is 24.4 Å². The average Bonchev–Trinajstić information content (AvgIpc) is 3.23. The predicted octanol–water partition coefficient (Wildman–Crippen LogP) is 2.98. The van der Waals surface area contributed by atoms with Crippen LogP contribution in [-0.4, -0.2) is 54.7 Å². The van der Waals surface area contributed by atoms with E-state index in [1.54, 1.807) is 27.6 Å². The van der Waals surface area contributed by atoms with E-state index in [0.29, 0.717) is 46.7 Å². The Hall–Kier alpha value is -4.41. The summed E-state index contributed by atoms with van der Waals surface area (Å²) in [6.07, 6.45) is 1.49. The minimum absolute atomic E-state index is 0.0427. The fourth-order valence-corrected chi connectivity index (χ4v) is 3.28. The molecule has 0 spiro atoms. The number of azo groups is 1. The monoisotopic (exact) mass is 432 g/mol. The second-order valence-corrected chi connectivity index (χ2v) is 6.91. The molecule has 0 saturated carbocycles. The third kappa shape index (κ3) is 3.71. The molecular weight excluding hydrogens is 412 g/mol. The minimum Gasteiger partial charge on any atom is -0.507 e. The molecule has 2 heterocycles. The number of hydrogen-bond donors (Lipinski definition) is 2. The van der Waals surface area contributed by atoms with Gasteiger partial charge in [0.2, 0.25) is 0 Å². The summed E-state index contributed by atoms with van der Waals surface area (Å²) in [5, 5.41) is 30.7. The highest BCUT2D eigenvalue weighted by Crippen LogP contribution is 2.26. The van der Waals surface area contributed by atoms with Crippen molar-refractivity contribution in [2.24, 2.45) is 16.0 Å². The first-order valence-corrected chi connectivity index (χ1v) is 9.91. The first kappa shape index (κ1) is 20.8. The van der Waals surface area contributed by atoms with E-state index in [4.69, 9.17) is 5.73 Å². The first-order chi connectivity index (χ1) is 15.4. The molecule has 0 aliphatic rings. The van der Waals surface area contributed by atoms with Crippen molar-refractivity contribution >= 4 is 39.9 Å². The number of aromatic hydroxyl groups is 1. The van der Waals surface area contributed by atoms with E-state index >= 15 is 0 Å². The summed E-state index contributed by atoms with van der Waals surface area (Å²) >= 11 is 0. The lowest BCUT2D eigenvalue weighted by atomic mass is 10.2. The second kappa shape index (κ2) is 8.38. The summed E-state index contributed by atoms with van der Waals surface area (Å²) < 4.78 is 1.55. The molecule has 4 aromatic rings. The molecule has 3 N–H and O–H groups in total. The molecule has 2 aromatic heterocycles. The summed E-state index contributed by atoms with van der Waals surface area (Å²) in [5.74, 6) is -1.15. The Balaban J connectivity index is 1.73. The van der Waals surface area contributed by atoms with E-state index in [1.807, 2.05) is 13.8 Å². The Morgan fingerprint density at radius 3 is 2.41 bits per heavy atom. The van der Waals surface area contributed by atoms with Crippen LogP contribution in [0.2, 0.25) is 0 Å². The molecule has 2 amide bonds. The maximum atomic E-state index is 12.8. The van der Waals surface area contributed by atoms with Crippen LogP contribution in [0.3, 0.4) is 0 Å². The van der Waals surface area contributed by atoms with Gasteiger partial charge in [-0.15, -0.1) is 10.2 Å². The van der Waals surface area contributed by atoms with Crippen molar-refractivity contribution in [1.82, 2.24) is 24.7 Å². The van der Waals surface area contributed by atoms with Crippen molar-refractivity contribution in [2.75, 3.05) is 13.1 Å². The van der Waals surface area contributed by atoms with Crippen LogP contribution in [0.1, 0.15) is 34.6 Å². The van der Waals surface area contributed by atoms with Gasteiger partial charge in [0.05, 0.1) is 28.7 Å². The molecule has 11 heteroatoms. The molecule has 0 fully saturated rings. The maximum absolute atomic E-state index is 12.8. The molecular formula is C21H20N8O3. The van der Waals surface area contributed by atoms with Gasteiger partial charge in [-0.1, -0.05) is 0 Å². The number of nitrogens with two attached hydrogens (primary N) is 1. The van der Waals surface area contributed by atoms with Gasteiger partial charge in [0.25, 0.3) is 11.8 Å². The van der Waals surface area contributed by atoms with Gasteiger partial charge in [0.15, 0.2) is 5.65 Å². The van der Waals surface area contributed by atoms with Crippen LogP contribution in [0.4, 0.5) is 11.4 Å². The largest absolute Gasteiger partial charge is 0.507 e. The van der Waals surface area contributed by atoms with E-state index in [9.17, 15) is 14.7 Å². The summed E-state index contributed by atoms with van der Waals surface area (Å²) in [5.41, 5.74) is 7.95. The molecule has 162 valence electrons. The van der Waals surface area contributed by atoms with Crippen LogP contribution < -0.4 is 5.73 Å². The minimum atomic E-state index is -0.764. The van der Waals surface area contributed by atoms with Gasteiger partial charge in [0.1, 0.15) is 16.8 Å². The number of aromatic nitrogens is 4. The zero-order valence-electron chi connectivity index (χ0n) is 17.4. The lowest BCUT2D eigenvalue weighted by Crippen LogP contribution is -2.30. The van der Waals surface area contributed by atoms with Gasteiger partial charge in [-0.3, -0.25) is 9.59 Å². The fourth-order valence-electron chi connectivity index (χ4n) is 3.28. The molecule has 32 heavy (non-hydrogen) atoms. The highest BCUT2D eigenvalue weighted by Gasteiger charge is 2.20. The second-order valence-electron chi connectivity index (χ2n) is 6.91. The van der Waals surface area contributed by atoms with E-state index in [0.717, 1.165) is 0 Å². The smallest absolute Gasteiger partial charge is 0.259 e. The molecule has 11 nitrogen and oxygen atoms in total. The molecule has 0 unspecified atom stereocenters. The standard InChI is InChI=1S/C21H20N8O3/c1-3-28(4-2)21(32)15-11-23-29-17-10-13(5-7-16(17)26-27-20(15)29)25-24-12-6-8-18(30)14(9-12)19(22)31/h5-11,30H,3-4H2,1-2H3,(H2,22,31). The summed E-state index contributed by atoms with van der Waals surface area (Å²) in [6, 6.07) is 9.32. The molecule has 0 aliphatic heterocycles. The van der Waals surface area contributed by atoms with Gasteiger partial charge in [-0.05, 0) is 50.2 Å². The number of primary amides is 1. The fraction of sp³-hybridized carbons (Fsp3) is 0.190. The third-order valence-electron chi connectivity index (χ3n) is 4.99. The van der Waals surface area contributed by atoms with Crippen molar-refractivity contribution in [3.05, 3.63) is 53.7 Å². The number of nitrogens with zero attached hydrogens (tertiary/aromatic N) is 7. The topological polar surface area (TPSA) is 151 Å². The van der Waals surface area contributed by atoms with Crippen molar-refractivity contribution in [3.8, 4) is 5.75 Å². The number of fused-ring (bicyclic) bond motifs is 3. The van der Waals surface area contributed by atoms with Crippen molar-refractivity contribution in [1.29, 1.82) is 0 Å². The third-order valence-corrected chi connectivity index (χ3v) is 4.99. The lowest BCUT2D eigenvalue weighted by molar-refractivity contribution is 0.0774. The van der Waals surface area contributed by atoms with Crippen molar-refractivity contribution < 1.29 is 14.7 Å². The molecule has 0 atom stereocenters. The molecule has 4 rings (SSSR count). The van der Waals surface area contributed by atoms with Gasteiger partial charge < -0.3 is 15.7 Å². The predicted molar refractivity (Wildman–Crippen MR) is 116 cm³/mol. The number of rotatable bonds is 6. The van der Waals surface area contributed by atoms with Gasteiger partial charge >= 0.3 is 0 Å². The molecule has 0 saturated heterocycles. The number of carbonyl (C=O) groups is 2. The number of phenols is 1. The number of carbonyl (C=O) groups excluding carboxylic acids is 2. The maximum Gasteiger partial charge on any atom is 0.259 e. The zero-order chi connectivity index (χ0) is 22.8. The van der Waals surface area contributed by atoms with Crippen molar-refractivity contribution in [2.45, 2.75) is 13.8 Å². The van der Waals surface area contributed by atoms with E-state index in [-0.39, 0.29) is 17.2 Å². The summed E-state index contributed by atoms with van der Waals surface area (Å²) in [6.45, 7) is 4.97. The Kier molecular flexibility index (Phi) is 5.46. The Bertz CT molecular complexity index is 1370. The molecule has 0 radical (unpaired) electrons. The zero-order valence-corrected chi connectivity index (χ0v) is 17.4. The quantitative estimate of drug-likeness (QED) is 0.447. The van der Waals surface area contributed by atoms with Crippen LogP contribution >= 0.6 is 0 Å². The molecule has 2 aromatic carbocycles. The van der Waals surface area contributed by atoms with Gasteiger partial charge in [-0.2, -0.15) is 15.3 Å². The Morgan fingerprint density at radius 2 is 1.72 bits per heavy atom. The number of benzene rings is 2. The van der Waals surface area contributed by atoms with Crippen LogP contribution in [0.25, 0.3) is 16.7 Å². The normalized spacial score (nSPS) is 11.4. The highest BCUT2D eigenvalue weighted by molar-refractivity contribution is 6.00. The molecule has 0 aliphatic carbocycles. The lowest BCUT2D eigenvalue weighted by Gasteiger charge is -2.17. The molecule has 0 bridgehead atoms. The van der Waals surface area contributed by atoms with Crippen LogP contribution in [0.15, 0.2) is 52.8 Å². The van der Waals surface area contributed by atoms with Crippen LogP contribution in [-0.2, 0) is 0 Å².